The number of alkyl halides is 2. The summed E-state index contributed by atoms with van der Waals surface area (Å²) >= 11 is 0. The highest BCUT2D eigenvalue weighted by Crippen LogP contribution is 2.39. The molecule has 0 radical (unpaired) electrons. The Bertz CT molecular complexity index is 1830. The van der Waals surface area contributed by atoms with E-state index < -0.39 is 12.4 Å². The fourth-order valence-electron chi connectivity index (χ4n) is 4.55. The third-order valence-corrected chi connectivity index (χ3v) is 6.52. The van der Waals surface area contributed by atoms with Crippen molar-refractivity contribution in [3.05, 3.63) is 98.6 Å². The van der Waals surface area contributed by atoms with E-state index >= 15 is 0 Å². The zero-order chi connectivity index (χ0) is 28.0. The van der Waals surface area contributed by atoms with Crippen LogP contribution in [0.2, 0.25) is 0 Å². The number of hydrogen-bond donors (Lipinski definition) is 1. The van der Waals surface area contributed by atoms with Crippen LogP contribution in [0.4, 0.5) is 13.2 Å². The van der Waals surface area contributed by atoms with E-state index in [9.17, 15) is 22.8 Å². The molecule has 0 saturated carbocycles. The molecule has 0 aliphatic heterocycles. The number of halogens is 3. The Morgan fingerprint density at radius 2 is 1.59 bits per heavy atom. The smallest absolute Gasteiger partial charge is 0.387 e. The number of nitrogens with one attached hydrogen (secondary N) is 1. The van der Waals surface area contributed by atoms with Gasteiger partial charge >= 0.3 is 6.61 Å². The molecule has 0 fully saturated rings. The van der Waals surface area contributed by atoms with Crippen LogP contribution in [-0.4, -0.2) is 20.7 Å². The molecule has 5 aromatic rings. The van der Waals surface area contributed by atoms with Crippen LogP contribution in [0.1, 0.15) is 11.1 Å². The minimum absolute atomic E-state index is 0.0526. The molecule has 0 amide bonds. The van der Waals surface area contributed by atoms with E-state index in [1.807, 2.05) is 32.0 Å². The van der Waals surface area contributed by atoms with Gasteiger partial charge in [-0.1, -0.05) is 18.2 Å². The van der Waals surface area contributed by atoms with Crippen LogP contribution in [0.25, 0.3) is 33.3 Å². The Kier molecular flexibility index (Phi) is 6.55. The Hall–Kier alpha value is -4.73. The zero-order valence-corrected chi connectivity index (χ0v) is 21.5. The Labute approximate surface area is 220 Å². The quantitative estimate of drug-likeness (QED) is 0.287. The molecule has 0 bridgehead atoms. The van der Waals surface area contributed by atoms with E-state index in [0.29, 0.717) is 28.0 Å². The van der Waals surface area contributed by atoms with Gasteiger partial charge in [0.1, 0.15) is 22.8 Å². The number of hydrogen-bond acceptors (Lipinski definition) is 4. The lowest BCUT2D eigenvalue weighted by Gasteiger charge is -2.17. The van der Waals surface area contributed by atoms with Crippen molar-refractivity contribution in [1.29, 1.82) is 0 Å². The van der Waals surface area contributed by atoms with Crippen LogP contribution in [0.3, 0.4) is 0 Å². The number of benzene rings is 2. The lowest BCUT2D eigenvalue weighted by atomic mass is 10.0. The second-order valence-electron chi connectivity index (χ2n) is 9.27. The van der Waals surface area contributed by atoms with Gasteiger partial charge in [-0.15, -0.1) is 0 Å². The predicted octanol–water partition coefficient (Wildman–Crippen LogP) is 6.05. The summed E-state index contributed by atoms with van der Waals surface area (Å²) in [6.45, 7) is 0.741. The number of para-hydroxylation sites is 1. The molecule has 5 rings (SSSR count). The third-order valence-electron chi connectivity index (χ3n) is 6.52. The van der Waals surface area contributed by atoms with E-state index in [-0.39, 0.29) is 33.6 Å². The van der Waals surface area contributed by atoms with Crippen molar-refractivity contribution >= 4 is 10.9 Å². The van der Waals surface area contributed by atoms with Crippen LogP contribution < -0.4 is 20.6 Å². The lowest BCUT2D eigenvalue weighted by molar-refractivity contribution is -0.0499. The highest BCUT2D eigenvalue weighted by molar-refractivity contribution is 5.98. The SMILES string of the molecule is Cc1cccc(C)c1Oc1cn(C)c(=O)cc1-c1cn(C)c(=O)c2[nH]c(-c3ccc(OC(F)F)cc3F)cc12. The molecule has 3 aromatic heterocycles. The van der Waals surface area contributed by atoms with Gasteiger partial charge in [0.05, 0.1) is 6.20 Å². The standard InChI is InChI=1S/C29H24F3N3O4/c1-15-6-5-7-16(2)27(15)39-24-14-34(3)25(36)12-19(24)21-13-35(4)28(37)26-20(21)11-23(33-26)18-9-8-17(10-22(18)30)38-29(31)32/h5-14,29,33H,1-4H3. The Balaban J connectivity index is 1.71. The Morgan fingerprint density at radius 3 is 2.26 bits per heavy atom. The number of aryl methyl sites for hydroxylation is 4. The second kappa shape index (κ2) is 9.86. The first-order valence-corrected chi connectivity index (χ1v) is 12.0. The summed E-state index contributed by atoms with van der Waals surface area (Å²) in [7, 11) is 3.18. The molecule has 7 nitrogen and oxygen atoms in total. The average Bonchev–Trinajstić information content (AvgIpc) is 3.31. The molecule has 0 atom stereocenters. The van der Waals surface area contributed by atoms with Crippen molar-refractivity contribution in [3.8, 4) is 39.6 Å². The van der Waals surface area contributed by atoms with Gasteiger partial charge in [0, 0.05) is 60.2 Å². The summed E-state index contributed by atoms with van der Waals surface area (Å²) in [5.74, 6) is -0.114. The molecule has 0 aliphatic rings. The van der Waals surface area contributed by atoms with Crippen molar-refractivity contribution in [2.75, 3.05) is 0 Å². The van der Waals surface area contributed by atoms with Gasteiger partial charge in [-0.25, -0.2) is 4.39 Å². The maximum Gasteiger partial charge on any atom is 0.387 e. The number of nitrogens with zero attached hydrogens (tertiary/aromatic N) is 2. The largest absolute Gasteiger partial charge is 0.455 e. The topological polar surface area (TPSA) is 78.2 Å². The number of aromatic amines is 1. The molecular formula is C29H24F3N3O4. The molecule has 200 valence electrons. The van der Waals surface area contributed by atoms with Crippen molar-refractivity contribution < 1.29 is 22.6 Å². The zero-order valence-electron chi connectivity index (χ0n) is 21.5. The van der Waals surface area contributed by atoms with E-state index in [1.165, 1.54) is 27.3 Å². The van der Waals surface area contributed by atoms with Gasteiger partial charge in [0.15, 0.2) is 5.75 Å². The van der Waals surface area contributed by atoms with Gasteiger partial charge in [0.2, 0.25) is 0 Å². The van der Waals surface area contributed by atoms with Gasteiger partial charge < -0.3 is 23.6 Å². The molecule has 39 heavy (non-hydrogen) atoms. The fourth-order valence-corrected chi connectivity index (χ4v) is 4.55. The molecule has 2 aromatic carbocycles. The molecule has 3 heterocycles. The van der Waals surface area contributed by atoms with Gasteiger partial charge in [0.25, 0.3) is 11.1 Å². The van der Waals surface area contributed by atoms with Crippen molar-refractivity contribution in [2.45, 2.75) is 20.5 Å². The van der Waals surface area contributed by atoms with Crippen LogP contribution >= 0.6 is 0 Å². The van der Waals surface area contributed by atoms with Gasteiger partial charge in [-0.2, -0.15) is 8.78 Å². The molecule has 0 saturated heterocycles. The molecular weight excluding hydrogens is 511 g/mol. The van der Waals surface area contributed by atoms with E-state index in [2.05, 4.69) is 9.72 Å². The minimum atomic E-state index is -3.09. The summed E-state index contributed by atoms with van der Waals surface area (Å²) < 4.78 is 53.4. The van der Waals surface area contributed by atoms with Crippen LogP contribution in [0.5, 0.6) is 17.2 Å². The molecule has 0 spiro atoms. The van der Waals surface area contributed by atoms with E-state index in [4.69, 9.17) is 4.74 Å². The second-order valence-corrected chi connectivity index (χ2v) is 9.27. The highest BCUT2D eigenvalue weighted by atomic mass is 19.3. The van der Waals surface area contributed by atoms with E-state index in [0.717, 1.165) is 17.2 Å². The summed E-state index contributed by atoms with van der Waals surface area (Å²) in [5.41, 5.74) is 2.55. The maximum absolute atomic E-state index is 14.9. The monoisotopic (exact) mass is 535 g/mol. The highest BCUT2D eigenvalue weighted by Gasteiger charge is 2.20. The minimum Gasteiger partial charge on any atom is -0.455 e. The first-order chi connectivity index (χ1) is 18.5. The number of ether oxygens (including phenoxy) is 2. The average molecular weight is 536 g/mol. The predicted molar refractivity (Wildman–Crippen MR) is 142 cm³/mol. The number of fused-ring (bicyclic) bond motifs is 1. The Morgan fingerprint density at radius 1 is 0.872 bits per heavy atom. The summed E-state index contributed by atoms with van der Waals surface area (Å²) in [4.78, 5) is 28.7. The summed E-state index contributed by atoms with van der Waals surface area (Å²) in [6, 6.07) is 12.1. The van der Waals surface area contributed by atoms with Crippen molar-refractivity contribution in [3.63, 3.8) is 0 Å². The normalized spacial score (nSPS) is 11.4. The summed E-state index contributed by atoms with van der Waals surface area (Å²) in [5, 5.41) is 0.431. The number of rotatable bonds is 6. The maximum atomic E-state index is 14.9. The van der Waals surface area contributed by atoms with Crippen LogP contribution in [0.15, 0.2) is 70.5 Å². The fraction of sp³-hybridized carbons (Fsp3) is 0.172. The molecule has 1 N–H and O–H groups in total. The number of H-pyrrole nitrogens is 1. The van der Waals surface area contributed by atoms with Crippen molar-refractivity contribution in [2.24, 2.45) is 14.1 Å². The molecule has 0 aliphatic carbocycles. The van der Waals surface area contributed by atoms with Gasteiger partial charge in [-0.3, -0.25) is 9.59 Å². The van der Waals surface area contributed by atoms with Crippen molar-refractivity contribution in [1.82, 2.24) is 14.1 Å². The molecule has 0 unspecified atom stereocenters. The lowest BCUT2D eigenvalue weighted by Crippen LogP contribution is -2.18. The van der Waals surface area contributed by atoms with Gasteiger partial charge in [-0.05, 0) is 43.2 Å². The van der Waals surface area contributed by atoms with Crippen LogP contribution in [-0.2, 0) is 14.1 Å². The van der Waals surface area contributed by atoms with Crippen LogP contribution in [0, 0.1) is 19.7 Å². The number of aromatic nitrogens is 3. The first kappa shape index (κ1) is 25.9. The first-order valence-electron chi connectivity index (χ1n) is 12.0. The third kappa shape index (κ3) is 4.81. The molecule has 10 heteroatoms. The van der Waals surface area contributed by atoms with E-state index in [1.54, 1.807) is 32.6 Å². The summed E-state index contributed by atoms with van der Waals surface area (Å²) in [6.07, 6.45) is 3.17. The number of pyridine rings is 2.